The van der Waals surface area contributed by atoms with Gasteiger partial charge >= 0.3 is 0 Å². The van der Waals surface area contributed by atoms with Crippen LogP contribution in [0.25, 0.3) is 0 Å². The number of carbonyl (C=O) groups excluding carboxylic acids is 1. The third-order valence-electron chi connectivity index (χ3n) is 3.19. The molecule has 128 valence electrons. The minimum atomic E-state index is -1.77. The quantitative estimate of drug-likeness (QED) is 0.624. The Kier molecular flexibility index (Phi) is 5.61. The van der Waals surface area contributed by atoms with Gasteiger partial charge in [0.05, 0.1) is 0 Å². The van der Waals surface area contributed by atoms with Crippen LogP contribution in [0.5, 0.6) is 0 Å². The van der Waals surface area contributed by atoms with Crippen LogP contribution in [0.2, 0.25) is 5.02 Å². The first-order chi connectivity index (χ1) is 11.3. The van der Waals surface area contributed by atoms with Gasteiger partial charge in [-0.25, -0.2) is 0 Å². The van der Waals surface area contributed by atoms with E-state index < -0.39 is 35.1 Å². The van der Waals surface area contributed by atoms with Crippen molar-refractivity contribution in [3.05, 3.63) is 52.3 Å². The van der Waals surface area contributed by atoms with Crippen LogP contribution in [-0.4, -0.2) is 17.4 Å². The van der Waals surface area contributed by atoms with Crippen LogP contribution >= 0.6 is 11.6 Å². The molecule has 0 bridgehead atoms. The Morgan fingerprint density at radius 1 is 1.17 bits per heavy atom. The van der Waals surface area contributed by atoms with Crippen molar-refractivity contribution in [2.24, 2.45) is 0 Å². The maximum absolute atomic E-state index is 13.4. The number of anilines is 2. The number of hydrogen-bond donors (Lipinski definition) is 2. The summed E-state index contributed by atoms with van der Waals surface area (Å²) in [4.78, 5) is 14.3. The zero-order chi connectivity index (χ0) is 17.9. The molecule has 0 fully saturated rings. The number of nitrogens with zero attached hydrogens (tertiary/aromatic N) is 1. The number of hydrogen-bond acceptors (Lipinski definition) is 3. The Balaban J connectivity index is 1.98. The predicted octanol–water partition coefficient (Wildman–Crippen LogP) is 4.04. The topological polar surface area (TPSA) is 54.0 Å². The molecule has 0 atom stereocenters. The lowest BCUT2D eigenvalue weighted by Gasteiger charge is -2.11. The fraction of sp³-hybridized carbons (Fsp3) is 0.200. The molecule has 2 rings (SSSR count). The summed E-state index contributed by atoms with van der Waals surface area (Å²) in [5.74, 6) is -7.31. The van der Waals surface area contributed by atoms with E-state index in [2.05, 4.69) is 15.6 Å². The lowest BCUT2D eigenvalue weighted by Crippen LogP contribution is -2.18. The van der Waals surface area contributed by atoms with Gasteiger partial charge in [-0.2, -0.15) is 22.5 Å². The molecular weight excluding hydrogens is 350 g/mol. The van der Waals surface area contributed by atoms with E-state index in [0.29, 0.717) is 16.3 Å². The van der Waals surface area contributed by atoms with Gasteiger partial charge in [-0.3, -0.25) is 4.79 Å². The van der Waals surface area contributed by atoms with Crippen molar-refractivity contribution in [1.82, 2.24) is 4.98 Å². The first kappa shape index (κ1) is 18.0. The monoisotopic (exact) mass is 361 g/mol. The standard InChI is InChI=1S/C15H12ClF4N3O/c1-7-8(16)3-2-4-9(7)22-10(24)5-6-21-13-11(17)14(19)23-15(20)12(13)18/h2-4H,5-6H2,1H3,(H,21,23)(H,22,24). The summed E-state index contributed by atoms with van der Waals surface area (Å²) >= 11 is 5.92. The minimum Gasteiger partial charge on any atom is -0.379 e. The van der Waals surface area contributed by atoms with Gasteiger partial charge in [0.1, 0.15) is 5.69 Å². The fourth-order valence-corrected chi connectivity index (χ4v) is 2.07. The average Bonchev–Trinajstić information content (AvgIpc) is 2.53. The summed E-state index contributed by atoms with van der Waals surface area (Å²) in [6, 6.07) is 4.95. The fourth-order valence-electron chi connectivity index (χ4n) is 1.90. The highest BCUT2D eigenvalue weighted by molar-refractivity contribution is 6.31. The number of benzene rings is 1. The molecule has 2 N–H and O–H groups in total. The summed E-state index contributed by atoms with van der Waals surface area (Å²) in [6.07, 6.45) is -0.198. The molecule has 1 heterocycles. The number of nitrogens with one attached hydrogen (secondary N) is 2. The predicted molar refractivity (Wildman–Crippen MR) is 82.0 cm³/mol. The normalized spacial score (nSPS) is 10.6. The van der Waals surface area contributed by atoms with Crippen molar-refractivity contribution in [3.63, 3.8) is 0 Å². The lowest BCUT2D eigenvalue weighted by atomic mass is 10.2. The van der Waals surface area contributed by atoms with Crippen molar-refractivity contribution < 1.29 is 22.4 Å². The Morgan fingerprint density at radius 3 is 2.42 bits per heavy atom. The number of pyridine rings is 1. The van der Waals surface area contributed by atoms with Gasteiger partial charge < -0.3 is 10.6 Å². The van der Waals surface area contributed by atoms with Crippen LogP contribution in [0.4, 0.5) is 28.9 Å². The minimum absolute atomic E-state index is 0.198. The molecule has 1 aromatic carbocycles. The Bertz CT molecular complexity index is 760. The van der Waals surface area contributed by atoms with Gasteiger partial charge in [-0.05, 0) is 24.6 Å². The molecular formula is C15H12ClF4N3O. The number of rotatable bonds is 5. The summed E-state index contributed by atoms with van der Waals surface area (Å²) < 4.78 is 52.7. The molecule has 0 saturated heterocycles. The molecule has 24 heavy (non-hydrogen) atoms. The van der Waals surface area contributed by atoms with Crippen LogP contribution in [0.1, 0.15) is 12.0 Å². The van der Waals surface area contributed by atoms with Crippen LogP contribution in [-0.2, 0) is 4.79 Å². The highest BCUT2D eigenvalue weighted by Gasteiger charge is 2.20. The summed E-state index contributed by atoms with van der Waals surface area (Å²) in [5, 5.41) is 5.20. The third-order valence-corrected chi connectivity index (χ3v) is 3.60. The van der Waals surface area contributed by atoms with Crippen molar-refractivity contribution >= 4 is 28.9 Å². The van der Waals surface area contributed by atoms with Gasteiger partial charge in [-0.15, -0.1) is 0 Å². The SMILES string of the molecule is Cc1c(Cl)cccc1NC(=O)CCNc1c(F)c(F)nc(F)c1F. The Labute approximate surface area is 139 Å². The number of aromatic nitrogens is 1. The summed E-state index contributed by atoms with van der Waals surface area (Å²) in [7, 11) is 0. The van der Waals surface area contributed by atoms with Gasteiger partial charge in [0.15, 0.2) is 0 Å². The molecule has 2 aromatic rings. The van der Waals surface area contributed by atoms with Crippen molar-refractivity contribution in [2.45, 2.75) is 13.3 Å². The number of carbonyl (C=O) groups is 1. The Hall–Kier alpha value is -2.35. The van der Waals surface area contributed by atoms with E-state index in [1.165, 1.54) is 0 Å². The molecule has 0 unspecified atom stereocenters. The van der Waals surface area contributed by atoms with Crippen LogP contribution < -0.4 is 10.6 Å². The van der Waals surface area contributed by atoms with E-state index in [9.17, 15) is 22.4 Å². The highest BCUT2D eigenvalue weighted by Crippen LogP contribution is 2.24. The second-order valence-corrected chi connectivity index (χ2v) is 5.24. The maximum atomic E-state index is 13.4. The molecule has 0 aliphatic carbocycles. The maximum Gasteiger partial charge on any atom is 0.253 e. The molecule has 0 aliphatic rings. The molecule has 0 radical (unpaired) electrons. The average molecular weight is 362 g/mol. The largest absolute Gasteiger partial charge is 0.379 e. The van der Waals surface area contributed by atoms with E-state index in [1.807, 2.05) is 0 Å². The van der Waals surface area contributed by atoms with Gasteiger partial charge in [0.2, 0.25) is 17.5 Å². The van der Waals surface area contributed by atoms with E-state index >= 15 is 0 Å². The van der Waals surface area contributed by atoms with Gasteiger partial charge in [0.25, 0.3) is 11.9 Å². The Morgan fingerprint density at radius 2 is 1.79 bits per heavy atom. The first-order valence-electron chi connectivity index (χ1n) is 6.80. The highest BCUT2D eigenvalue weighted by atomic mass is 35.5. The van der Waals surface area contributed by atoms with Crippen LogP contribution in [0, 0.1) is 30.5 Å². The van der Waals surface area contributed by atoms with Crippen molar-refractivity contribution in [2.75, 3.05) is 17.2 Å². The van der Waals surface area contributed by atoms with E-state index in [1.54, 1.807) is 25.1 Å². The number of amides is 1. The van der Waals surface area contributed by atoms with Crippen LogP contribution in [0.15, 0.2) is 18.2 Å². The van der Waals surface area contributed by atoms with E-state index in [4.69, 9.17) is 11.6 Å². The second kappa shape index (κ2) is 7.48. The summed E-state index contributed by atoms with van der Waals surface area (Å²) in [6.45, 7) is 1.46. The van der Waals surface area contributed by atoms with E-state index in [0.717, 1.165) is 0 Å². The zero-order valence-corrected chi connectivity index (χ0v) is 13.1. The second-order valence-electron chi connectivity index (χ2n) is 4.83. The smallest absolute Gasteiger partial charge is 0.253 e. The molecule has 0 spiro atoms. The third kappa shape index (κ3) is 3.94. The van der Waals surface area contributed by atoms with Crippen molar-refractivity contribution in [3.8, 4) is 0 Å². The first-order valence-corrected chi connectivity index (χ1v) is 7.18. The molecule has 0 saturated carbocycles. The van der Waals surface area contributed by atoms with Crippen LogP contribution in [0.3, 0.4) is 0 Å². The molecule has 0 aliphatic heterocycles. The molecule has 1 amide bonds. The van der Waals surface area contributed by atoms with Crippen molar-refractivity contribution in [1.29, 1.82) is 0 Å². The van der Waals surface area contributed by atoms with E-state index in [-0.39, 0.29) is 13.0 Å². The molecule has 9 heteroatoms. The van der Waals surface area contributed by atoms with Gasteiger partial charge in [0, 0.05) is 23.7 Å². The number of halogens is 5. The lowest BCUT2D eigenvalue weighted by molar-refractivity contribution is -0.115. The summed E-state index contributed by atoms with van der Waals surface area (Å²) in [5.41, 5.74) is 0.147. The van der Waals surface area contributed by atoms with Gasteiger partial charge in [-0.1, -0.05) is 17.7 Å². The molecule has 1 aromatic heterocycles. The zero-order valence-electron chi connectivity index (χ0n) is 12.4. The molecule has 4 nitrogen and oxygen atoms in total.